The molecule has 1 aromatic heterocycles. The van der Waals surface area contributed by atoms with Gasteiger partial charge in [0, 0.05) is 24.1 Å². The number of benzene rings is 1. The molecule has 0 saturated carbocycles. The molecule has 1 saturated heterocycles. The third kappa shape index (κ3) is 5.15. The number of aryl methyl sites for hydroxylation is 1. The van der Waals surface area contributed by atoms with Crippen LogP contribution in [0.4, 0.5) is 0 Å². The fourth-order valence-corrected chi connectivity index (χ4v) is 5.82. The topological polar surface area (TPSA) is 159 Å². The van der Waals surface area contributed by atoms with Gasteiger partial charge in [0.15, 0.2) is 0 Å². The molecule has 0 radical (unpaired) electrons. The van der Waals surface area contributed by atoms with Crippen LogP contribution in [0.3, 0.4) is 0 Å². The second-order valence-corrected chi connectivity index (χ2v) is 9.08. The number of hydrogen-bond acceptors (Lipinski definition) is 11. The number of aliphatic carboxylic acids is 1. The van der Waals surface area contributed by atoms with Crippen molar-refractivity contribution in [3.63, 3.8) is 0 Å². The maximum atomic E-state index is 12.8. The van der Waals surface area contributed by atoms with Crippen molar-refractivity contribution in [1.82, 2.24) is 30.4 Å². The molecular weight excluding hydrogens is 495 g/mol. The summed E-state index contributed by atoms with van der Waals surface area (Å²) in [6, 6.07) is 7.39. The molecule has 0 aliphatic carbocycles. The molecule has 4 rings (SSSR count). The molecule has 1 aromatic carbocycles. The van der Waals surface area contributed by atoms with Gasteiger partial charge in [0.2, 0.25) is 11.3 Å². The van der Waals surface area contributed by atoms with E-state index in [9.17, 15) is 24.3 Å². The van der Waals surface area contributed by atoms with Crippen molar-refractivity contribution < 1.29 is 58.6 Å². The molecule has 2 aliphatic rings. The Labute approximate surface area is 224 Å². The number of amides is 2. The number of hydrogen-bond donors (Lipinski definition) is 1. The number of rotatable bonds is 9. The Morgan fingerprint density at radius 2 is 2.12 bits per heavy atom. The van der Waals surface area contributed by atoms with Gasteiger partial charge < -0.3 is 20.0 Å². The van der Waals surface area contributed by atoms with Crippen molar-refractivity contribution in [2.24, 2.45) is 7.05 Å². The average molecular weight is 513 g/mol. The molecule has 3 heterocycles. The minimum absolute atomic E-state index is 0. The van der Waals surface area contributed by atoms with Crippen LogP contribution in [0.5, 0.6) is 0 Å². The second-order valence-electron chi connectivity index (χ2n) is 7.03. The van der Waals surface area contributed by atoms with E-state index in [0.29, 0.717) is 22.0 Å². The summed E-state index contributed by atoms with van der Waals surface area (Å²) >= 11 is 2.55. The maximum Gasteiger partial charge on any atom is 1.00 e. The van der Waals surface area contributed by atoms with Gasteiger partial charge in [-0.1, -0.05) is 42.1 Å². The summed E-state index contributed by atoms with van der Waals surface area (Å²) in [5, 5.41) is 25.4. The van der Waals surface area contributed by atoms with E-state index in [0.717, 1.165) is 4.90 Å². The third-order valence-electron chi connectivity index (χ3n) is 5.03. The number of β-lactam (4-membered cyclic amide) rings is 1. The van der Waals surface area contributed by atoms with Gasteiger partial charge in [-0.15, -0.1) is 16.9 Å². The summed E-state index contributed by atoms with van der Waals surface area (Å²) in [6.07, 6.45) is -1.23. The molecule has 2 amide bonds. The van der Waals surface area contributed by atoms with Crippen molar-refractivity contribution in [2.45, 2.75) is 22.7 Å². The fourth-order valence-electron chi connectivity index (χ4n) is 3.48. The minimum atomic E-state index is -1.48. The quantitative estimate of drug-likeness (QED) is 0.150. The standard InChI is InChI=1S/C19H18N6O6S2.Na/c1-24-19(21-22-23-24)33-8-11-7-32-17-12(16(28)25(17)13(11)18(29)30)20-15(27)14(31-9-26)10-5-3-2-4-6-10;/h2-6,9,12,14,17H,7-8H2,1H3,(H,20,27)(H,29,30);/q;+1/p-1/t12-,14?,17-;/m1./s1. The smallest absolute Gasteiger partial charge is 0.543 e. The fraction of sp³-hybridized carbons (Fsp3) is 0.316. The number of fused-ring (bicyclic) bond motifs is 1. The van der Waals surface area contributed by atoms with Crippen LogP contribution in [0, 0.1) is 0 Å². The molecule has 2 aromatic rings. The van der Waals surface area contributed by atoms with Crippen LogP contribution < -0.4 is 40.0 Å². The van der Waals surface area contributed by atoms with E-state index in [2.05, 4.69) is 20.8 Å². The largest absolute Gasteiger partial charge is 1.00 e. The van der Waals surface area contributed by atoms with Crippen molar-refractivity contribution in [2.75, 3.05) is 11.5 Å². The van der Waals surface area contributed by atoms with Crippen molar-refractivity contribution >= 4 is 47.8 Å². The van der Waals surface area contributed by atoms with Crippen LogP contribution in [0.1, 0.15) is 11.7 Å². The zero-order chi connectivity index (χ0) is 23.5. The van der Waals surface area contributed by atoms with E-state index in [1.165, 1.54) is 28.2 Å². The van der Waals surface area contributed by atoms with Crippen LogP contribution in [0.25, 0.3) is 0 Å². The maximum absolute atomic E-state index is 12.8. The Morgan fingerprint density at radius 3 is 2.74 bits per heavy atom. The first-order chi connectivity index (χ1) is 15.9. The van der Waals surface area contributed by atoms with E-state index in [-0.39, 0.29) is 47.5 Å². The first-order valence-corrected chi connectivity index (χ1v) is 11.6. The summed E-state index contributed by atoms with van der Waals surface area (Å²) in [4.78, 5) is 49.5. The van der Waals surface area contributed by atoms with Crippen LogP contribution in [0.15, 0.2) is 46.8 Å². The number of aromatic nitrogens is 4. The first-order valence-electron chi connectivity index (χ1n) is 9.60. The summed E-state index contributed by atoms with van der Waals surface area (Å²) in [6.45, 7) is 0.162. The predicted molar refractivity (Wildman–Crippen MR) is 113 cm³/mol. The molecule has 0 spiro atoms. The summed E-state index contributed by atoms with van der Waals surface area (Å²) < 4.78 is 6.38. The average Bonchev–Trinajstić information content (AvgIpc) is 3.23. The van der Waals surface area contributed by atoms with Gasteiger partial charge in [0.05, 0.1) is 11.7 Å². The molecule has 1 N–H and O–H groups in total. The Hall–Kier alpha value is -2.39. The number of carbonyl (C=O) groups is 4. The summed E-state index contributed by atoms with van der Waals surface area (Å²) in [5.41, 5.74) is 0.726. The van der Waals surface area contributed by atoms with Crippen LogP contribution >= 0.6 is 23.5 Å². The Morgan fingerprint density at radius 1 is 1.38 bits per heavy atom. The number of thioether (sulfide) groups is 2. The first kappa shape index (κ1) is 26.2. The summed E-state index contributed by atoms with van der Waals surface area (Å²) in [5.74, 6) is -2.17. The molecular formula is C19H17N6NaO6S2. The number of carbonyl (C=O) groups excluding carboxylic acids is 4. The number of ether oxygens (including phenoxy) is 1. The molecule has 172 valence electrons. The Balaban J connectivity index is 0.00000324. The van der Waals surface area contributed by atoms with E-state index in [4.69, 9.17) is 4.74 Å². The normalized spacial score (nSPS) is 19.9. The van der Waals surface area contributed by atoms with Gasteiger partial charge in [0.25, 0.3) is 18.3 Å². The zero-order valence-electron chi connectivity index (χ0n) is 18.1. The SMILES string of the molecule is Cn1nnnc1SCC1=C(C(=O)[O-])N2C(=O)[C@@H](NC(=O)C(OC=O)c3ccccc3)[C@H]2SC1.[Na+]. The number of carboxylic acids is 1. The molecule has 2 aliphatic heterocycles. The molecule has 1 unspecified atom stereocenters. The number of tetrazole rings is 1. The molecule has 12 nitrogen and oxygen atoms in total. The van der Waals surface area contributed by atoms with Gasteiger partial charge in [-0.3, -0.25) is 19.3 Å². The third-order valence-corrected chi connectivity index (χ3v) is 7.46. The van der Waals surface area contributed by atoms with Crippen molar-refractivity contribution in [3.05, 3.63) is 47.2 Å². The molecule has 15 heteroatoms. The zero-order valence-corrected chi connectivity index (χ0v) is 21.7. The van der Waals surface area contributed by atoms with Gasteiger partial charge in [-0.05, 0) is 16.0 Å². The van der Waals surface area contributed by atoms with Gasteiger partial charge >= 0.3 is 29.6 Å². The Bertz CT molecular complexity index is 1130. The number of nitrogens with zero attached hydrogens (tertiary/aromatic N) is 5. The molecule has 1 fully saturated rings. The molecule has 0 bridgehead atoms. The Kier molecular flexibility index (Phi) is 8.76. The van der Waals surface area contributed by atoms with Gasteiger partial charge in [0.1, 0.15) is 11.4 Å². The van der Waals surface area contributed by atoms with E-state index >= 15 is 0 Å². The number of carboxylic acid groups (broad SMARTS) is 1. The minimum Gasteiger partial charge on any atom is -0.543 e. The van der Waals surface area contributed by atoms with Crippen LogP contribution in [-0.4, -0.2) is 72.3 Å². The predicted octanol–water partition coefficient (Wildman–Crippen LogP) is -4.38. The molecule has 3 atom stereocenters. The molecule has 34 heavy (non-hydrogen) atoms. The van der Waals surface area contributed by atoms with E-state index in [1.54, 1.807) is 37.4 Å². The van der Waals surface area contributed by atoms with Gasteiger partial charge in [-0.2, -0.15) is 0 Å². The number of nitrogens with one attached hydrogen (secondary N) is 1. The second kappa shape index (κ2) is 11.4. The van der Waals surface area contributed by atoms with Crippen molar-refractivity contribution in [1.29, 1.82) is 0 Å². The van der Waals surface area contributed by atoms with Crippen molar-refractivity contribution in [3.8, 4) is 0 Å². The van der Waals surface area contributed by atoms with E-state index < -0.39 is 35.3 Å². The van der Waals surface area contributed by atoms with Crippen LogP contribution in [-0.2, 0) is 31.0 Å². The summed E-state index contributed by atoms with van der Waals surface area (Å²) in [7, 11) is 1.66. The van der Waals surface area contributed by atoms with E-state index in [1.807, 2.05) is 0 Å². The monoisotopic (exact) mass is 512 g/mol. The van der Waals surface area contributed by atoms with Crippen LogP contribution in [0.2, 0.25) is 0 Å². The van der Waals surface area contributed by atoms with Gasteiger partial charge in [-0.25, -0.2) is 4.68 Å².